The van der Waals surface area contributed by atoms with Gasteiger partial charge in [-0.3, -0.25) is 4.68 Å². The molecule has 0 spiro atoms. The monoisotopic (exact) mass is 332 g/mol. The van der Waals surface area contributed by atoms with Gasteiger partial charge in [0.2, 0.25) is 0 Å². The molecule has 0 aliphatic heterocycles. The highest BCUT2D eigenvalue weighted by molar-refractivity contribution is 7.10. The molecule has 0 saturated heterocycles. The Kier molecular flexibility index (Phi) is 5.33. The summed E-state index contributed by atoms with van der Waals surface area (Å²) in [6.07, 6.45) is 9.58. The molecule has 0 radical (unpaired) electrons. The molecule has 0 aromatic carbocycles. The van der Waals surface area contributed by atoms with Gasteiger partial charge in [0.25, 0.3) is 0 Å². The predicted octanol–water partition coefficient (Wildman–Crippen LogP) is 3.25. The Balaban J connectivity index is 1.51. The quantitative estimate of drug-likeness (QED) is 0.853. The Labute approximate surface area is 141 Å². The molecule has 23 heavy (non-hydrogen) atoms. The van der Waals surface area contributed by atoms with E-state index in [9.17, 15) is 4.79 Å². The van der Waals surface area contributed by atoms with Crippen LogP contribution in [0.1, 0.15) is 42.2 Å². The van der Waals surface area contributed by atoms with Crippen LogP contribution in [0.4, 0.5) is 4.79 Å². The van der Waals surface area contributed by atoms with Crippen molar-refractivity contribution in [2.24, 2.45) is 13.0 Å². The lowest BCUT2D eigenvalue weighted by atomic mass is 9.97. The fourth-order valence-electron chi connectivity index (χ4n) is 3.29. The molecule has 1 saturated carbocycles. The highest BCUT2D eigenvalue weighted by Gasteiger charge is 2.28. The van der Waals surface area contributed by atoms with Crippen LogP contribution in [0.15, 0.2) is 29.9 Å². The number of nitrogens with zero attached hydrogens (tertiary/aromatic N) is 2. The van der Waals surface area contributed by atoms with E-state index >= 15 is 0 Å². The molecule has 5 nitrogen and oxygen atoms in total. The number of aryl methyl sites for hydroxylation is 1. The van der Waals surface area contributed by atoms with Crippen LogP contribution in [-0.2, 0) is 13.5 Å². The summed E-state index contributed by atoms with van der Waals surface area (Å²) in [6, 6.07) is 4.27. The maximum atomic E-state index is 12.3. The molecule has 2 aromatic heterocycles. The standard InChI is InChI=1S/C17H24N4OS/c1-21-12-13(11-19-21)8-9-18-17(22)20-16(14-5-2-3-6-14)15-7-4-10-23-15/h4,7,10-12,14,16H,2-3,5-6,8-9H2,1H3,(H2,18,20,22). The molecule has 2 heterocycles. The van der Waals surface area contributed by atoms with Crippen molar-refractivity contribution >= 4 is 17.4 Å². The third-order valence-corrected chi connectivity index (χ3v) is 5.42. The first-order valence-electron chi connectivity index (χ1n) is 8.27. The minimum absolute atomic E-state index is 0.0702. The number of urea groups is 1. The summed E-state index contributed by atoms with van der Waals surface area (Å²) >= 11 is 1.73. The number of nitrogens with one attached hydrogen (secondary N) is 2. The minimum Gasteiger partial charge on any atom is -0.338 e. The molecule has 2 aromatic rings. The molecular formula is C17H24N4OS. The molecule has 2 amide bonds. The first-order valence-corrected chi connectivity index (χ1v) is 9.15. The molecule has 1 aliphatic rings. The van der Waals surface area contributed by atoms with Crippen LogP contribution in [0.3, 0.4) is 0 Å². The van der Waals surface area contributed by atoms with Crippen LogP contribution in [0, 0.1) is 5.92 Å². The first-order chi connectivity index (χ1) is 11.2. The van der Waals surface area contributed by atoms with Crippen LogP contribution in [0.5, 0.6) is 0 Å². The fraction of sp³-hybridized carbons (Fsp3) is 0.529. The average Bonchev–Trinajstić information content (AvgIpc) is 3.28. The zero-order valence-corrected chi connectivity index (χ0v) is 14.3. The van der Waals surface area contributed by atoms with Crippen LogP contribution in [0.25, 0.3) is 0 Å². The van der Waals surface area contributed by atoms with E-state index in [1.165, 1.54) is 30.6 Å². The number of hydrogen-bond donors (Lipinski definition) is 2. The third kappa shape index (κ3) is 4.34. The molecule has 2 N–H and O–H groups in total. The second-order valence-corrected chi connectivity index (χ2v) is 7.19. The zero-order chi connectivity index (χ0) is 16.1. The Morgan fingerprint density at radius 1 is 1.48 bits per heavy atom. The van der Waals surface area contributed by atoms with Gasteiger partial charge >= 0.3 is 6.03 Å². The maximum absolute atomic E-state index is 12.3. The van der Waals surface area contributed by atoms with Gasteiger partial charge in [-0.25, -0.2) is 4.79 Å². The number of thiophene rings is 1. The highest BCUT2D eigenvalue weighted by atomic mass is 32.1. The van der Waals surface area contributed by atoms with Crippen molar-refractivity contribution in [1.82, 2.24) is 20.4 Å². The summed E-state index contributed by atoms with van der Waals surface area (Å²) in [7, 11) is 1.90. The van der Waals surface area contributed by atoms with E-state index in [0.717, 1.165) is 12.0 Å². The van der Waals surface area contributed by atoms with Gasteiger partial charge in [-0.2, -0.15) is 5.10 Å². The van der Waals surface area contributed by atoms with E-state index in [-0.39, 0.29) is 12.1 Å². The van der Waals surface area contributed by atoms with E-state index in [4.69, 9.17) is 0 Å². The van der Waals surface area contributed by atoms with Crippen molar-refractivity contribution in [1.29, 1.82) is 0 Å². The highest BCUT2D eigenvalue weighted by Crippen LogP contribution is 2.37. The zero-order valence-electron chi connectivity index (χ0n) is 13.5. The Morgan fingerprint density at radius 3 is 2.96 bits per heavy atom. The van der Waals surface area contributed by atoms with Gasteiger partial charge in [0, 0.05) is 24.7 Å². The Bertz CT molecular complexity index is 616. The topological polar surface area (TPSA) is 59.0 Å². The van der Waals surface area contributed by atoms with E-state index < -0.39 is 0 Å². The van der Waals surface area contributed by atoms with Gasteiger partial charge in [-0.05, 0) is 42.2 Å². The van der Waals surface area contributed by atoms with E-state index in [1.54, 1.807) is 16.0 Å². The summed E-state index contributed by atoms with van der Waals surface area (Å²) in [6.45, 7) is 0.624. The predicted molar refractivity (Wildman–Crippen MR) is 92.5 cm³/mol. The molecule has 1 aliphatic carbocycles. The van der Waals surface area contributed by atoms with E-state index in [2.05, 4.69) is 33.2 Å². The normalized spacial score (nSPS) is 16.4. The van der Waals surface area contributed by atoms with Crippen LogP contribution >= 0.6 is 11.3 Å². The lowest BCUT2D eigenvalue weighted by molar-refractivity contribution is 0.231. The first kappa shape index (κ1) is 16.1. The minimum atomic E-state index is -0.0702. The van der Waals surface area contributed by atoms with Gasteiger partial charge < -0.3 is 10.6 Å². The number of rotatable bonds is 6. The van der Waals surface area contributed by atoms with Gasteiger partial charge in [0.1, 0.15) is 0 Å². The summed E-state index contributed by atoms with van der Waals surface area (Å²) in [5, 5.41) is 12.4. The molecule has 3 rings (SSSR count). The maximum Gasteiger partial charge on any atom is 0.315 e. The molecule has 1 atom stereocenters. The summed E-state index contributed by atoms with van der Waals surface area (Å²) < 4.78 is 1.78. The van der Waals surface area contributed by atoms with Gasteiger partial charge in [-0.1, -0.05) is 18.9 Å². The van der Waals surface area contributed by atoms with Crippen molar-refractivity contribution in [3.8, 4) is 0 Å². The fourth-order valence-corrected chi connectivity index (χ4v) is 4.16. The van der Waals surface area contributed by atoms with Crippen LogP contribution in [0.2, 0.25) is 0 Å². The largest absolute Gasteiger partial charge is 0.338 e. The molecule has 0 bridgehead atoms. The number of carbonyl (C=O) groups excluding carboxylic acids is 1. The molecular weight excluding hydrogens is 308 g/mol. The van der Waals surface area contributed by atoms with E-state index in [1.807, 2.05) is 19.4 Å². The Hall–Kier alpha value is -1.82. The van der Waals surface area contributed by atoms with Crippen molar-refractivity contribution < 1.29 is 4.79 Å². The molecule has 124 valence electrons. The smallest absolute Gasteiger partial charge is 0.315 e. The molecule has 1 unspecified atom stereocenters. The second-order valence-electron chi connectivity index (χ2n) is 6.21. The third-order valence-electron chi connectivity index (χ3n) is 4.47. The van der Waals surface area contributed by atoms with Crippen LogP contribution < -0.4 is 10.6 Å². The lowest BCUT2D eigenvalue weighted by Crippen LogP contribution is -2.40. The number of hydrogen-bond acceptors (Lipinski definition) is 3. The lowest BCUT2D eigenvalue weighted by Gasteiger charge is -2.24. The van der Waals surface area contributed by atoms with Crippen molar-refractivity contribution in [3.63, 3.8) is 0 Å². The molecule has 1 fully saturated rings. The second kappa shape index (κ2) is 7.64. The SMILES string of the molecule is Cn1cc(CCNC(=O)NC(c2cccs2)C2CCCC2)cn1. The summed E-state index contributed by atoms with van der Waals surface area (Å²) in [4.78, 5) is 13.5. The number of aromatic nitrogens is 2. The van der Waals surface area contributed by atoms with Crippen molar-refractivity contribution in [3.05, 3.63) is 40.3 Å². The van der Waals surface area contributed by atoms with Gasteiger partial charge in [0.15, 0.2) is 0 Å². The number of carbonyl (C=O) groups is 1. The number of amides is 2. The van der Waals surface area contributed by atoms with Crippen LogP contribution in [-0.4, -0.2) is 22.4 Å². The van der Waals surface area contributed by atoms with Gasteiger partial charge in [-0.15, -0.1) is 11.3 Å². The Morgan fingerprint density at radius 2 is 2.30 bits per heavy atom. The molecule has 6 heteroatoms. The summed E-state index contributed by atoms with van der Waals surface area (Å²) in [5.41, 5.74) is 1.14. The average molecular weight is 332 g/mol. The van der Waals surface area contributed by atoms with E-state index in [0.29, 0.717) is 12.5 Å². The van der Waals surface area contributed by atoms with Crippen molar-refractivity contribution in [2.75, 3.05) is 6.54 Å². The summed E-state index contributed by atoms with van der Waals surface area (Å²) in [5.74, 6) is 0.567. The van der Waals surface area contributed by atoms with Gasteiger partial charge in [0.05, 0.1) is 12.2 Å². The van der Waals surface area contributed by atoms with Crippen molar-refractivity contribution in [2.45, 2.75) is 38.1 Å².